The van der Waals surface area contributed by atoms with E-state index in [-0.39, 0.29) is 11.8 Å². The van der Waals surface area contributed by atoms with Crippen molar-refractivity contribution in [2.24, 2.45) is 5.92 Å². The number of hydrogen-bond donors (Lipinski definition) is 0. The first-order chi connectivity index (χ1) is 18.6. The molecule has 5 rings (SSSR count). The Kier molecular flexibility index (Phi) is 7.94. The Morgan fingerprint density at radius 1 is 0.921 bits per heavy atom. The van der Waals surface area contributed by atoms with E-state index in [1.54, 1.807) is 0 Å². The van der Waals surface area contributed by atoms with Crippen LogP contribution in [0, 0.1) is 5.92 Å². The van der Waals surface area contributed by atoms with E-state index < -0.39 is 0 Å². The van der Waals surface area contributed by atoms with E-state index in [0.29, 0.717) is 17.5 Å². The van der Waals surface area contributed by atoms with E-state index >= 15 is 0 Å². The van der Waals surface area contributed by atoms with Crippen molar-refractivity contribution in [2.75, 3.05) is 26.2 Å². The average Bonchev–Trinajstić information content (AvgIpc) is 2.98. The Morgan fingerprint density at radius 2 is 1.53 bits per heavy atom. The van der Waals surface area contributed by atoms with Gasteiger partial charge >= 0.3 is 0 Å². The molecule has 0 aliphatic carbocycles. The first-order valence-corrected chi connectivity index (χ1v) is 13.7. The molecule has 0 unspecified atom stereocenters. The Bertz CT molecular complexity index is 1420. The zero-order valence-corrected chi connectivity index (χ0v) is 22.7. The Labute approximate surface area is 229 Å². The Balaban J connectivity index is 1.40. The lowest BCUT2D eigenvalue weighted by atomic mass is 9.97. The quantitative estimate of drug-likeness (QED) is 0.280. The molecule has 4 aromatic rings. The fourth-order valence-electron chi connectivity index (χ4n) is 5.00. The molecule has 38 heavy (non-hydrogen) atoms. The second kappa shape index (κ2) is 11.7. The van der Waals surface area contributed by atoms with Gasteiger partial charge in [-0.05, 0) is 51.0 Å². The van der Waals surface area contributed by atoms with Crippen LogP contribution in [0.25, 0.3) is 33.5 Å². The SMILES string of the molecule is CCN(CC)C(=O)[C@H]1CCCN(C(=S)Oc2ccc3nc(-c4ccccc4)c(-c4ccccc4)nc3c2)C1. The molecule has 1 atom stereocenters. The van der Waals surface area contributed by atoms with Gasteiger partial charge in [-0.2, -0.15) is 0 Å². The zero-order chi connectivity index (χ0) is 26.5. The summed E-state index contributed by atoms with van der Waals surface area (Å²) in [6.07, 6.45) is 1.79. The van der Waals surface area contributed by atoms with Crippen LogP contribution in [0.1, 0.15) is 26.7 Å². The van der Waals surface area contributed by atoms with Gasteiger partial charge in [0, 0.05) is 43.4 Å². The van der Waals surface area contributed by atoms with Crippen LogP contribution in [0.2, 0.25) is 0 Å². The van der Waals surface area contributed by atoms with Crippen LogP contribution >= 0.6 is 12.2 Å². The third-order valence-corrected chi connectivity index (χ3v) is 7.38. The molecule has 1 fully saturated rings. The maximum absolute atomic E-state index is 12.9. The van der Waals surface area contributed by atoms with Crippen LogP contribution in [-0.4, -0.2) is 57.0 Å². The average molecular weight is 525 g/mol. The fraction of sp³-hybridized carbons (Fsp3) is 0.290. The van der Waals surface area contributed by atoms with Gasteiger partial charge in [-0.15, -0.1) is 0 Å². The van der Waals surface area contributed by atoms with E-state index in [2.05, 4.69) is 12.1 Å². The standard InChI is InChI=1S/C31H32N4O2S/c1-3-34(4-2)30(36)24-16-11-19-35(21-24)31(38)37-25-17-18-26-27(20-25)33-29(23-14-9-6-10-15-23)28(32-26)22-12-7-5-8-13-22/h5-10,12-15,17-18,20,24H,3-4,11,16,19,21H2,1-2H3/t24-/m0/s1. The molecule has 1 aliphatic rings. The number of carbonyl (C=O) groups excluding carboxylic acids is 1. The molecule has 1 aliphatic heterocycles. The number of carbonyl (C=O) groups is 1. The second-order valence-corrected chi connectivity index (χ2v) is 9.82. The van der Waals surface area contributed by atoms with Gasteiger partial charge < -0.3 is 14.5 Å². The van der Waals surface area contributed by atoms with Crippen molar-refractivity contribution in [2.45, 2.75) is 26.7 Å². The summed E-state index contributed by atoms with van der Waals surface area (Å²) in [6.45, 7) is 6.85. The number of hydrogen-bond acceptors (Lipinski definition) is 5. The number of aromatic nitrogens is 2. The van der Waals surface area contributed by atoms with Crippen LogP contribution in [0.4, 0.5) is 0 Å². The van der Waals surface area contributed by atoms with Crippen LogP contribution in [0.3, 0.4) is 0 Å². The van der Waals surface area contributed by atoms with Gasteiger partial charge in [0.25, 0.3) is 5.17 Å². The highest BCUT2D eigenvalue weighted by Gasteiger charge is 2.30. The number of ether oxygens (including phenoxy) is 1. The van der Waals surface area contributed by atoms with Crippen molar-refractivity contribution in [1.29, 1.82) is 0 Å². The van der Waals surface area contributed by atoms with Crippen LogP contribution in [-0.2, 0) is 4.79 Å². The summed E-state index contributed by atoms with van der Waals surface area (Å²) in [6, 6.07) is 25.9. The molecule has 0 bridgehead atoms. The van der Waals surface area contributed by atoms with Gasteiger partial charge in [-0.25, -0.2) is 9.97 Å². The molecule has 3 aromatic carbocycles. The summed E-state index contributed by atoms with van der Waals surface area (Å²) < 4.78 is 6.13. The van der Waals surface area contributed by atoms with Crippen molar-refractivity contribution in [3.8, 4) is 28.3 Å². The van der Waals surface area contributed by atoms with Crippen molar-refractivity contribution < 1.29 is 9.53 Å². The minimum Gasteiger partial charge on any atom is -0.432 e. The van der Waals surface area contributed by atoms with Gasteiger partial charge in [0.2, 0.25) is 5.91 Å². The van der Waals surface area contributed by atoms with Gasteiger partial charge in [0.1, 0.15) is 5.75 Å². The van der Waals surface area contributed by atoms with E-state index in [0.717, 1.165) is 66.0 Å². The van der Waals surface area contributed by atoms with E-state index in [1.165, 1.54) is 0 Å². The predicted molar refractivity (Wildman–Crippen MR) is 156 cm³/mol. The minimum absolute atomic E-state index is 0.0579. The van der Waals surface area contributed by atoms with Crippen molar-refractivity contribution in [3.63, 3.8) is 0 Å². The summed E-state index contributed by atoms with van der Waals surface area (Å²) in [5.74, 6) is 0.754. The number of amides is 1. The van der Waals surface area contributed by atoms with Gasteiger partial charge in [-0.1, -0.05) is 60.7 Å². The highest BCUT2D eigenvalue weighted by atomic mass is 32.1. The molecule has 6 nitrogen and oxygen atoms in total. The minimum atomic E-state index is -0.0579. The van der Waals surface area contributed by atoms with Crippen molar-refractivity contribution in [1.82, 2.24) is 19.8 Å². The predicted octanol–water partition coefficient (Wildman–Crippen LogP) is 6.21. The molecule has 1 aromatic heterocycles. The van der Waals surface area contributed by atoms with Gasteiger partial charge in [-0.3, -0.25) is 4.79 Å². The maximum atomic E-state index is 12.9. The molecule has 0 N–H and O–H groups in total. The lowest BCUT2D eigenvalue weighted by Gasteiger charge is -2.35. The first kappa shape index (κ1) is 25.8. The number of fused-ring (bicyclic) bond motifs is 1. The Morgan fingerprint density at radius 3 is 2.13 bits per heavy atom. The van der Waals surface area contributed by atoms with Crippen molar-refractivity contribution >= 4 is 34.3 Å². The van der Waals surface area contributed by atoms with Crippen LogP contribution in [0.15, 0.2) is 78.9 Å². The molecule has 2 heterocycles. The van der Waals surface area contributed by atoms with Crippen LogP contribution in [0.5, 0.6) is 5.75 Å². The molecule has 7 heteroatoms. The highest BCUT2D eigenvalue weighted by molar-refractivity contribution is 7.80. The third-order valence-electron chi connectivity index (χ3n) is 7.04. The lowest BCUT2D eigenvalue weighted by molar-refractivity contribution is -0.136. The summed E-state index contributed by atoms with van der Waals surface area (Å²) in [4.78, 5) is 26.8. The first-order valence-electron chi connectivity index (χ1n) is 13.3. The smallest absolute Gasteiger partial charge is 0.264 e. The summed E-state index contributed by atoms with van der Waals surface area (Å²) in [5, 5.41) is 0.388. The summed E-state index contributed by atoms with van der Waals surface area (Å²) in [7, 11) is 0. The molecule has 1 amide bonds. The lowest BCUT2D eigenvalue weighted by Crippen LogP contribution is -2.47. The number of nitrogens with zero attached hydrogens (tertiary/aromatic N) is 4. The number of piperidine rings is 1. The van der Waals surface area contributed by atoms with Crippen molar-refractivity contribution in [3.05, 3.63) is 78.9 Å². The molecule has 0 saturated carbocycles. The largest absolute Gasteiger partial charge is 0.432 e. The van der Waals surface area contributed by atoms with Gasteiger partial charge in [0.05, 0.1) is 28.3 Å². The number of benzene rings is 3. The number of thiocarbonyl (C=S) groups is 1. The fourth-order valence-corrected chi connectivity index (χ4v) is 5.26. The third kappa shape index (κ3) is 5.53. The monoisotopic (exact) mass is 524 g/mol. The normalized spacial score (nSPS) is 15.3. The molecule has 194 valence electrons. The number of rotatable bonds is 6. The second-order valence-electron chi connectivity index (χ2n) is 9.47. The summed E-state index contributed by atoms with van der Waals surface area (Å²) in [5.41, 5.74) is 5.19. The van der Waals surface area contributed by atoms with Gasteiger partial charge in [0.15, 0.2) is 0 Å². The Hall–Kier alpha value is -3.84. The van der Waals surface area contributed by atoms with E-state index in [9.17, 15) is 4.79 Å². The number of likely N-dealkylation sites (tertiary alicyclic amines) is 1. The molecule has 0 spiro atoms. The highest BCUT2D eigenvalue weighted by Crippen LogP contribution is 2.32. The molecular formula is C31H32N4O2S. The zero-order valence-electron chi connectivity index (χ0n) is 21.8. The topological polar surface area (TPSA) is 58.6 Å². The maximum Gasteiger partial charge on any atom is 0.264 e. The molecule has 0 radical (unpaired) electrons. The molecule has 1 saturated heterocycles. The van der Waals surface area contributed by atoms with E-state index in [4.69, 9.17) is 26.9 Å². The van der Waals surface area contributed by atoms with Crippen LogP contribution < -0.4 is 4.74 Å². The van der Waals surface area contributed by atoms with E-state index in [1.807, 2.05) is 90.4 Å². The molecular weight excluding hydrogens is 492 g/mol. The summed E-state index contributed by atoms with van der Waals surface area (Å²) >= 11 is 5.67.